The van der Waals surface area contributed by atoms with Gasteiger partial charge in [0.1, 0.15) is 24.1 Å². The number of fused-ring (bicyclic) bond motifs is 2. The maximum atomic E-state index is 13.8. The molecule has 170 valence electrons. The summed E-state index contributed by atoms with van der Waals surface area (Å²) in [5, 5.41) is 9.63. The molecule has 2 aromatic rings. The maximum absolute atomic E-state index is 13.8. The summed E-state index contributed by atoms with van der Waals surface area (Å²) in [5.74, 6) is 1.82. The minimum atomic E-state index is -0.695. The van der Waals surface area contributed by atoms with Crippen molar-refractivity contribution in [3.05, 3.63) is 29.7 Å². The second-order valence-electron chi connectivity index (χ2n) is 9.20. The fourth-order valence-corrected chi connectivity index (χ4v) is 5.54. The van der Waals surface area contributed by atoms with Crippen molar-refractivity contribution >= 4 is 29.0 Å². The molecule has 1 saturated heterocycles. The number of aliphatic hydroxyl groups is 1. The van der Waals surface area contributed by atoms with Gasteiger partial charge in [0.25, 0.3) is 0 Å². The van der Waals surface area contributed by atoms with Gasteiger partial charge in [-0.05, 0) is 38.8 Å². The quantitative estimate of drug-likeness (QED) is 0.750. The molecule has 5 rings (SSSR count). The van der Waals surface area contributed by atoms with Gasteiger partial charge in [0.15, 0.2) is 5.82 Å². The van der Waals surface area contributed by atoms with Crippen LogP contribution >= 0.6 is 0 Å². The lowest BCUT2D eigenvalue weighted by molar-refractivity contribution is -0.123. The van der Waals surface area contributed by atoms with E-state index in [-0.39, 0.29) is 36.4 Å². The van der Waals surface area contributed by atoms with E-state index in [1.165, 1.54) is 0 Å². The van der Waals surface area contributed by atoms with Gasteiger partial charge in [0.05, 0.1) is 35.1 Å². The van der Waals surface area contributed by atoms with Gasteiger partial charge in [-0.3, -0.25) is 9.69 Å². The highest BCUT2D eigenvalue weighted by Gasteiger charge is 2.54. The number of hydrogen-bond donors (Lipinski definition) is 2. The van der Waals surface area contributed by atoms with Crippen LogP contribution in [0.5, 0.6) is 0 Å². The summed E-state index contributed by atoms with van der Waals surface area (Å²) in [5.41, 5.74) is 6.99. The zero-order valence-electron chi connectivity index (χ0n) is 18.6. The van der Waals surface area contributed by atoms with E-state index in [4.69, 9.17) is 10.5 Å². The number of aromatic nitrogens is 3. The number of ether oxygens (including phenoxy) is 1. The molecule has 3 aliphatic rings. The monoisotopic (exact) mass is 438 g/mol. The molecule has 1 saturated carbocycles. The number of nitrogens with zero attached hydrogens (tertiary/aromatic N) is 5. The van der Waals surface area contributed by atoms with Crippen LogP contribution in [0.1, 0.15) is 57.3 Å². The molecule has 0 unspecified atom stereocenters. The summed E-state index contributed by atoms with van der Waals surface area (Å²) in [6.07, 6.45) is 6.49. The third-order valence-corrected chi connectivity index (χ3v) is 6.85. The largest absolute Gasteiger partial charge is 0.388 e. The van der Waals surface area contributed by atoms with Gasteiger partial charge in [0, 0.05) is 13.1 Å². The molecule has 9 heteroatoms. The zero-order chi connectivity index (χ0) is 22.5. The number of nitrogens with two attached hydrogens (primary N) is 1. The molecule has 0 bridgehead atoms. The van der Waals surface area contributed by atoms with Crippen molar-refractivity contribution in [3.8, 4) is 0 Å². The molecule has 9 nitrogen and oxygen atoms in total. The van der Waals surface area contributed by atoms with Crippen LogP contribution in [0.4, 0.5) is 23.1 Å². The molecule has 3 N–H and O–H groups in total. The van der Waals surface area contributed by atoms with Gasteiger partial charge < -0.3 is 20.5 Å². The van der Waals surface area contributed by atoms with E-state index >= 15 is 0 Å². The molecule has 2 aromatic heterocycles. The van der Waals surface area contributed by atoms with Crippen molar-refractivity contribution in [1.29, 1.82) is 0 Å². The first-order valence-corrected chi connectivity index (χ1v) is 11.4. The Kier molecular flexibility index (Phi) is 5.25. The van der Waals surface area contributed by atoms with Gasteiger partial charge in [-0.1, -0.05) is 19.3 Å². The average Bonchev–Trinajstić information content (AvgIpc) is 3.01. The number of pyridine rings is 1. The second kappa shape index (κ2) is 7.97. The molecule has 2 aliphatic heterocycles. The van der Waals surface area contributed by atoms with Crippen molar-refractivity contribution < 1.29 is 14.6 Å². The molecule has 4 heterocycles. The predicted octanol–water partition coefficient (Wildman–Crippen LogP) is 2.44. The van der Waals surface area contributed by atoms with Crippen LogP contribution < -0.4 is 15.5 Å². The highest BCUT2D eigenvalue weighted by Crippen LogP contribution is 2.53. The number of amides is 1. The minimum absolute atomic E-state index is 0.0218. The predicted molar refractivity (Wildman–Crippen MR) is 121 cm³/mol. The van der Waals surface area contributed by atoms with Crippen molar-refractivity contribution in [2.75, 3.05) is 28.6 Å². The van der Waals surface area contributed by atoms with E-state index in [2.05, 4.69) is 33.7 Å². The Morgan fingerprint density at radius 2 is 1.88 bits per heavy atom. The standard InChI is InChI=1S/C23H30N6O3/c1-14-11-28(12-15(2)32-14)18-7-6-16(10-25-18)29-21-19(20(24)26-17(13-30)27-21)23(22(29)31)8-4-3-5-9-23/h6-7,10,14-15,30H,3-5,8-9,11-13H2,1-2H3,(H2,24,26,27)/t14-,15+. The first kappa shape index (κ1) is 21.1. The van der Waals surface area contributed by atoms with Crippen molar-refractivity contribution in [1.82, 2.24) is 15.0 Å². The summed E-state index contributed by atoms with van der Waals surface area (Å²) >= 11 is 0. The zero-order valence-corrected chi connectivity index (χ0v) is 18.6. The maximum Gasteiger partial charge on any atom is 0.243 e. The van der Waals surface area contributed by atoms with Gasteiger partial charge >= 0.3 is 0 Å². The SMILES string of the molecule is C[C@@H]1CN(c2ccc(N3C(=O)C4(CCCCC4)c4c(N)nc(CO)nc43)cn2)C[C@H](C)O1. The van der Waals surface area contributed by atoms with Crippen molar-refractivity contribution in [3.63, 3.8) is 0 Å². The van der Waals surface area contributed by atoms with Gasteiger partial charge in [-0.25, -0.2) is 15.0 Å². The highest BCUT2D eigenvalue weighted by molar-refractivity contribution is 6.13. The molecule has 1 aliphatic carbocycles. The average molecular weight is 439 g/mol. The number of hydrogen-bond acceptors (Lipinski definition) is 8. The van der Waals surface area contributed by atoms with Crippen LogP contribution in [-0.2, 0) is 21.6 Å². The first-order chi connectivity index (χ1) is 15.4. The number of morpholine rings is 1. The van der Waals surface area contributed by atoms with Gasteiger partial charge in [-0.2, -0.15) is 0 Å². The fourth-order valence-electron chi connectivity index (χ4n) is 5.54. The smallest absolute Gasteiger partial charge is 0.243 e. The number of carbonyl (C=O) groups is 1. The third kappa shape index (κ3) is 3.31. The third-order valence-electron chi connectivity index (χ3n) is 6.85. The highest BCUT2D eigenvalue weighted by atomic mass is 16.5. The van der Waals surface area contributed by atoms with Crippen LogP contribution in [-0.4, -0.2) is 51.3 Å². The number of anilines is 4. The number of nitrogen functional groups attached to an aromatic ring is 1. The van der Waals surface area contributed by atoms with Crippen LogP contribution in [0, 0.1) is 0 Å². The number of carbonyl (C=O) groups excluding carboxylic acids is 1. The van der Waals surface area contributed by atoms with E-state index in [9.17, 15) is 9.90 Å². The molecule has 0 aromatic carbocycles. The van der Waals surface area contributed by atoms with Crippen LogP contribution in [0.25, 0.3) is 0 Å². The molecule has 1 amide bonds. The number of rotatable bonds is 3. The van der Waals surface area contributed by atoms with E-state index in [1.807, 2.05) is 12.1 Å². The second-order valence-corrected chi connectivity index (χ2v) is 9.20. The fraction of sp³-hybridized carbons (Fsp3) is 0.565. The van der Waals surface area contributed by atoms with Crippen LogP contribution in [0.2, 0.25) is 0 Å². The molecule has 0 radical (unpaired) electrons. The minimum Gasteiger partial charge on any atom is -0.388 e. The first-order valence-electron chi connectivity index (χ1n) is 11.4. The van der Waals surface area contributed by atoms with E-state index in [0.29, 0.717) is 17.1 Å². The lowest BCUT2D eigenvalue weighted by Gasteiger charge is -2.36. The molecular weight excluding hydrogens is 408 g/mol. The topological polar surface area (TPSA) is 118 Å². The Labute approximate surface area is 187 Å². The molecule has 2 atom stereocenters. The van der Waals surface area contributed by atoms with Crippen LogP contribution in [0.3, 0.4) is 0 Å². The van der Waals surface area contributed by atoms with Crippen molar-refractivity contribution in [2.24, 2.45) is 0 Å². The Hall–Kier alpha value is -2.78. The summed E-state index contributed by atoms with van der Waals surface area (Å²) in [7, 11) is 0. The number of aliphatic hydroxyl groups excluding tert-OH is 1. The molecular formula is C23H30N6O3. The Balaban J connectivity index is 1.54. The van der Waals surface area contributed by atoms with E-state index < -0.39 is 5.41 Å². The summed E-state index contributed by atoms with van der Waals surface area (Å²) in [6, 6.07) is 3.85. The normalized spacial score (nSPS) is 24.8. The Bertz CT molecular complexity index is 1010. The molecule has 1 spiro atoms. The molecule has 32 heavy (non-hydrogen) atoms. The summed E-state index contributed by atoms with van der Waals surface area (Å²) in [4.78, 5) is 31.2. The lowest BCUT2D eigenvalue weighted by Crippen LogP contribution is -2.45. The van der Waals surface area contributed by atoms with E-state index in [0.717, 1.165) is 51.0 Å². The lowest BCUT2D eigenvalue weighted by atomic mass is 9.70. The summed E-state index contributed by atoms with van der Waals surface area (Å²) in [6.45, 7) is 5.33. The van der Waals surface area contributed by atoms with Gasteiger partial charge in [-0.15, -0.1) is 0 Å². The Morgan fingerprint density at radius 3 is 2.50 bits per heavy atom. The van der Waals surface area contributed by atoms with Gasteiger partial charge in [0.2, 0.25) is 5.91 Å². The van der Waals surface area contributed by atoms with Crippen LogP contribution in [0.15, 0.2) is 18.3 Å². The van der Waals surface area contributed by atoms with E-state index in [1.54, 1.807) is 11.1 Å². The summed E-state index contributed by atoms with van der Waals surface area (Å²) < 4.78 is 5.82. The molecule has 2 fully saturated rings. The Morgan fingerprint density at radius 1 is 1.16 bits per heavy atom. The van der Waals surface area contributed by atoms with Crippen molar-refractivity contribution in [2.45, 2.75) is 70.2 Å².